The zero-order valence-corrected chi connectivity index (χ0v) is 9.72. The first-order valence-electron chi connectivity index (χ1n) is 5.09. The number of carbonyl (C=O) groups is 1. The quantitative estimate of drug-likeness (QED) is 0.794. The van der Waals surface area contributed by atoms with Gasteiger partial charge in [0, 0.05) is 18.6 Å². The number of aliphatic carboxylic acids is 1. The highest BCUT2D eigenvalue weighted by Gasteiger charge is 2.24. The van der Waals surface area contributed by atoms with E-state index in [1.807, 2.05) is 0 Å². The third-order valence-corrected chi connectivity index (χ3v) is 2.96. The highest BCUT2D eigenvalue weighted by atomic mass is 35.5. The van der Waals surface area contributed by atoms with Crippen LogP contribution in [-0.2, 0) is 4.79 Å². The number of piperidine rings is 1. The van der Waals surface area contributed by atoms with Crippen molar-refractivity contribution in [3.05, 3.63) is 0 Å². The number of hydrogen-bond donors (Lipinski definition) is 1. The molecule has 2 atom stereocenters. The summed E-state index contributed by atoms with van der Waals surface area (Å²) in [7, 11) is 0. The molecule has 4 heteroatoms. The fraction of sp³-hybridized carbons (Fsp3) is 0.900. The summed E-state index contributed by atoms with van der Waals surface area (Å²) >= 11 is 0. The number of halogens is 1. The molecule has 0 radical (unpaired) electrons. The number of nitrogens with zero attached hydrogens (tertiary/aromatic N) is 1. The van der Waals surface area contributed by atoms with E-state index in [0.29, 0.717) is 18.6 Å². The summed E-state index contributed by atoms with van der Waals surface area (Å²) in [6.07, 6.45) is 3.98. The zero-order valence-electron chi connectivity index (χ0n) is 8.90. The smallest absolute Gasteiger partial charge is 0.304 e. The van der Waals surface area contributed by atoms with E-state index in [4.69, 9.17) is 5.11 Å². The molecule has 0 bridgehead atoms. The molecular formula is C10H20ClNO2. The number of hydrogen-bond acceptors (Lipinski definition) is 2. The van der Waals surface area contributed by atoms with Crippen molar-refractivity contribution in [2.45, 2.75) is 51.6 Å². The summed E-state index contributed by atoms with van der Waals surface area (Å²) < 4.78 is 0. The molecule has 3 nitrogen and oxygen atoms in total. The molecule has 1 aliphatic rings. The molecule has 0 aliphatic carbocycles. The Kier molecular flexibility index (Phi) is 6.12. The molecule has 14 heavy (non-hydrogen) atoms. The van der Waals surface area contributed by atoms with Crippen LogP contribution in [0.25, 0.3) is 0 Å². The van der Waals surface area contributed by atoms with Crippen LogP contribution in [0, 0.1) is 0 Å². The Morgan fingerprint density at radius 2 is 1.86 bits per heavy atom. The predicted octanol–water partition coefficient (Wildman–Crippen LogP) is 2.15. The summed E-state index contributed by atoms with van der Waals surface area (Å²) in [5, 5.41) is 8.59. The van der Waals surface area contributed by atoms with Gasteiger partial charge in [-0.05, 0) is 26.7 Å². The Labute approximate surface area is 91.9 Å². The van der Waals surface area contributed by atoms with Gasteiger partial charge in [0.1, 0.15) is 0 Å². The van der Waals surface area contributed by atoms with Crippen molar-refractivity contribution < 1.29 is 9.90 Å². The van der Waals surface area contributed by atoms with E-state index in [0.717, 1.165) is 0 Å². The fourth-order valence-electron chi connectivity index (χ4n) is 2.14. The highest BCUT2D eigenvalue weighted by molar-refractivity contribution is 5.85. The van der Waals surface area contributed by atoms with Crippen molar-refractivity contribution in [1.82, 2.24) is 4.90 Å². The molecule has 1 rings (SSSR count). The van der Waals surface area contributed by atoms with Crippen molar-refractivity contribution in [3.63, 3.8) is 0 Å². The lowest BCUT2D eigenvalue weighted by Crippen LogP contribution is -2.44. The standard InChI is InChI=1S/C10H19NO2.ClH/c1-8-4-3-5-9(2)11(8)7-6-10(12)13;/h8-9H,3-7H2,1-2H3,(H,12,13);1H/t8-,9+;. The third-order valence-electron chi connectivity index (χ3n) is 2.96. The Bertz CT molecular complexity index is 177. The van der Waals surface area contributed by atoms with E-state index >= 15 is 0 Å². The van der Waals surface area contributed by atoms with Crippen LogP contribution in [0.1, 0.15) is 39.5 Å². The Hall–Kier alpha value is -0.280. The molecular weight excluding hydrogens is 202 g/mol. The van der Waals surface area contributed by atoms with Crippen LogP contribution >= 0.6 is 12.4 Å². The number of rotatable bonds is 3. The monoisotopic (exact) mass is 221 g/mol. The fourth-order valence-corrected chi connectivity index (χ4v) is 2.14. The SMILES string of the molecule is C[C@@H]1CCC[C@H](C)N1CCC(=O)O.Cl. The van der Waals surface area contributed by atoms with Gasteiger partial charge in [-0.1, -0.05) is 6.42 Å². The maximum Gasteiger partial charge on any atom is 0.304 e. The predicted molar refractivity (Wildman–Crippen MR) is 59.0 cm³/mol. The minimum absolute atomic E-state index is 0. The van der Waals surface area contributed by atoms with Gasteiger partial charge in [-0.2, -0.15) is 0 Å². The van der Waals surface area contributed by atoms with Crippen molar-refractivity contribution in [3.8, 4) is 0 Å². The molecule has 0 aromatic rings. The molecule has 84 valence electrons. The topological polar surface area (TPSA) is 40.5 Å². The molecule has 1 heterocycles. The van der Waals surface area contributed by atoms with E-state index in [1.54, 1.807) is 0 Å². The zero-order chi connectivity index (χ0) is 9.84. The van der Waals surface area contributed by atoms with Crippen LogP contribution in [0.15, 0.2) is 0 Å². The Morgan fingerprint density at radius 1 is 1.36 bits per heavy atom. The summed E-state index contributed by atoms with van der Waals surface area (Å²) in [5.41, 5.74) is 0. The van der Waals surface area contributed by atoms with Gasteiger partial charge in [-0.25, -0.2) is 0 Å². The van der Waals surface area contributed by atoms with Crippen molar-refractivity contribution in [2.75, 3.05) is 6.54 Å². The van der Waals surface area contributed by atoms with Crippen LogP contribution in [0.3, 0.4) is 0 Å². The third kappa shape index (κ3) is 3.84. The van der Waals surface area contributed by atoms with Gasteiger partial charge in [0.25, 0.3) is 0 Å². The first-order valence-corrected chi connectivity index (χ1v) is 5.09. The molecule has 1 aliphatic heterocycles. The van der Waals surface area contributed by atoms with Crippen LogP contribution in [0.2, 0.25) is 0 Å². The molecule has 1 saturated heterocycles. The molecule has 0 aromatic carbocycles. The summed E-state index contributed by atoms with van der Waals surface area (Å²) in [4.78, 5) is 12.7. The van der Waals surface area contributed by atoms with Crippen LogP contribution in [0.4, 0.5) is 0 Å². The maximum absolute atomic E-state index is 10.4. The van der Waals surface area contributed by atoms with Crippen LogP contribution in [-0.4, -0.2) is 34.6 Å². The van der Waals surface area contributed by atoms with Gasteiger partial charge >= 0.3 is 5.97 Å². The number of carboxylic acid groups (broad SMARTS) is 1. The van der Waals surface area contributed by atoms with Gasteiger partial charge < -0.3 is 5.11 Å². The molecule has 1 fully saturated rings. The van der Waals surface area contributed by atoms with Crippen molar-refractivity contribution in [1.29, 1.82) is 0 Å². The summed E-state index contributed by atoms with van der Waals surface area (Å²) in [6, 6.07) is 1.12. The van der Waals surface area contributed by atoms with Crippen LogP contribution < -0.4 is 0 Å². The van der Waals surface area contributed by atoms with Gasteiger partial charge in [0.05, 0.1) is 6.42 Å². The van der Waals surface area contributed by atoms with E-state index < -0.39 is 5.97 Å². The second kappa shape index (κ2) is 6.25. The average molecular weight is 222 g/mol. The normalized spacial score (nSPS) is 28.1. The molecule has 1 N–H and O–H groups in total. The minimum atomic E-state index is -0.690. The second-order valence-electron chi connectivity index (χ2n) is 4.01. The number of likely N-dealkylation sites (tertiary alicyclic amines) is 1. The largest absolute Gasteiger partial charge is 0.481 e. The molecule has 0 saturated carbocycles. The lowest BCUT2D eigenvalue weighted by atomic mass is 9.97. The molecule has 0 aromatic heterocycles. The van der Waals surface area contributed by atoms with Gasteiger partial charge in [-0.15, -0.1) is 12.4 Å². The lowest BCUT2D eigenvalue weighted by Gasteiger charge is -2.38. The van der Waals surface area contributed by atoms with Crippen molar-refractivity contribution >= 4 is 18.4 Å². The van der Waals surface area contributed by atoms with Gasteiger partial charge in [0.15, 0.2) is 0 Å². The first-order chi connectivity index (χ1) is 6.11. The Balaban J connectivity index is 0.00000169. The van der Waals surface area contributed by atoms with Crippen molar-refractivity contribution in [2.24, 2.45) is 0 Å². The minimum Gasteiger partial charge on any atom is -0.481 e. The molecule has 0 amide bonds. The number of carboxylic acids is 1. The van der Waals surface area contributed by atoms with Gasteiger partial charge in [0.2, 0.25) is 0 Å². The Morgan fingerprint density at radius 3 is 2.29 bits per heavy atom. The summed E-state index contributed by atoms with van der Waals surface area (Å²) in [6.45, 7) is 5.09. The van der Waals surface area contributed by atoms with E-state index in [9.17, 15) is 4.79 Å². The highest BCUT2D eigenvalue weighted by Crippen LogP contribution is 2.22. The molecule has 0 spiro atoms. The second-order valence-corrected chi connectivity index (χ2v) is 4.01. The average Bonchev–Trinajstić information content (AvgIpc) is 2.03. The summed E-state index contributed by atoms with van der Waals surface area (Å²) in [5.74, 6) is -0.690. The van der Waals surface area contributed by atoms with E-state index in [1.165, 1.54) is 19.3 Å². The maximum atomic E-state index is 10.4. The van der Waals surface area contributed by atoms with Crippen LogP contribution in [0.5, 0.6) is 0 Å². The lowest BCUT2D eigenvalue weighted by molar-refractivity contribution is -0.137. The van der Waals surface area contributed by atoms with E-state index in [-0.39, 0.29) is 18.8 Å². The molecule has 0 unspecified atom stereocenters. The van der Waals surface area contributed by atoms with E-state index in [2.05, 4.69) is 18.7 Å². The van der Waals surface area contributed by atoms with Gasteiger partial charge in [-0.3, -0.25) is 9.69 Å². The first kappa shape index (κ1) is 13.7.